The lowest BCUT2D eigenvalue weighted by atomic mass is 9.94. The molecule has 0 saturated carbocycles. The first kappa shape index (κ1) is 15.3. The molecular formula is C17H34N2. The van der Waals surface area contributed by atoms with E-state index in [9.17, 15) is 0 Å². The third kappa shape index (κ3) is 3.72. The lowest BCUT2D eigenvalue weighted by Crippen LogP contribution is -2.60. The van der Waals surface area contributed by atoms with Crippen LogP contribution >= 0.6 is 0 Å². The second kappa shape index (κ2) is 7.08. The topological polar surface area (TPSA) is 6.48 Å². The van der Waals surface area contributed by atoms with Gasteiger partial charge < -0.3 is 0 Å². The molecule has 2 aliphatic rings. The normalized spacial score (nSPS) is 30.8. The highest BCUT2D eigenvalue weighted by Gasteiger charge is 2.38. The van der Waals surface area contributed by atoms with E-state index in [2.05, 4.69) is 37.5 Å². The van der Waals surface area contributed by atoms with Crippen LogP contribution < -0.4 is 0 Å². The van der Waals surface area contributed by atoms with Crippen LogP contribution in [0.3, 0.4) is 0 Å². The molecular weight excluding hydrogens is 232 g/mol. The molecule has 0 aromatic heterocycles. The highest BCUT2D eigenvalue weighted by Crippen LogP contribution is 2.30. The third-order valence-corrected chi connectivity index (χ3v) is 5.33. The lowest BCUT2D eigenvalue weighted by molar-refractivity contribution is 0.00208. The molecule has 19 heavy (non-hydrogen) atoms. The van der Waals surface area contributed by atoms with Crippen molar-refractivity contribution in [2.75, 3.05) is 19.6 Å². The zero-order valence-corrected chi connectivity index (χ0v) is 13.6. The van der Waals surface area contributed by atoms with Gasteiger partial charge in [-0.25, -0.2) is 0 Å². The average molecular weight is 266 g/mol. The average Bonchev–Trinajstić information content (AvgIpc) is 2.84. The highest BCUT2D eigenvalue weighted by molar-refractivity contribution is 4.94. The van der Waals surface area contributed by atoms with Crippen LogP contribution in [0.5, 0.6) is 0 Å². The summed E-state index contributed by atoms with van der Waals surface area (Å²) >= 11 is 0. The third-order valence-electron chi connectivity index (χ3n) is 5.33. The summed E-state index contributed by atoms with van der Waals surface area (Å²) in [5, 5.41) is 0. The zero-order chi connectivity index (χ0) is 13.8. The smallest absolute Gasteiger partial charge is 0.0249 e. The maximum atomic E-state index is 2.85. The van der Waals surface area contributed by atoms with Crippen molar-refractivity contribution < 1.29 is 0 Å². The van der Waals surface area contributed by atoms with E-state index in [1.165, 1.54) is 58.2 Å². The van der Waals surface area contributed by atoms with E-state index in [4.69, 9.17) is 0 Å². The molecule has 2 heterocycles. The maximum absolute atomic E-state index is 2.85. The zero-order valence-electron chi connectivity index (χ0n) is 13.6. The minimum Gasteiger partial charge on any atom is -0.298 e. The Balaban J connectivity index is 1.94. The Labute approximate surface area is 120 Å². The Bertz CT molecular complexity index is 264. The number of unbranched alkanes of at least 4 members (excludes halogenated alkanes) is 2. The number of nitrogens with zero attached hydrogens (tertiary/aromatic N) is 2. The van der Waals surface area contributed by atoms with E-state index in [0.717, 1.165) is 24.0 Å². The predicted octanol–water partition coefficient (Wildman–Crippen LogP) is 3.76. The number of hydrogen-bond acceptors (Lipinski definition) is 2. The summed E-state index contributed by atoms with van der Waals surface area (Å²) in [5.74, 6) is 0.787. The van der Waals surface area contributed by atoms with Gasteiger partial charge in [0.1, 0.15) is 0 Å². The van der Waals surface area contributed by atoms with Crippen LogP contribution in [0.2, 0.25) is 0 Å². The standard InChI is InChI=1S/C17H34N2/c1-5-6-7-9-15(4)19-12-16-10-8-11-18(16)13-17(19)14(2)3/h14-17H,5-13H2,1-4H3. The van der Waals surface area contributed by atoms with Crippen LogP contribution in [0.25, 0.3) is 0 Å². The van der Waals surface area contributed by atoms with Gasteiger partial charge in [-0.05, 0) is 38.6 Å². The molecule has 2 heteroatoms. The van der Waals surface area contributed by atoms with Gasteiger partial charge in [-0.3, -0.25) is 9.80 Å². The maximum Gasteiger partial charge on any atom is 0.0249 e. The molecule has 3 unspecified atom stereocenters. The van der Waals surface area contributed by atoms with Crippen molar-refractivity contribution in [1.29, 1.82) is 0 Å². The van der Waals surface area contributed by atoms with Gasteiger partial charge in [0.05, 0.1) is 0 Å². The van der Waals surface area contributed by atoms with Gasteiger partial charge in [-0.2, -0.15) is 0 Å². The van der Waals surface area contributed by atoms with Gasteiger partial charge in [-0.1, -0.05) is 40.0 Å². The van der Waals surface area contributed by atoms with Gasteiger partial charge in [0.2, 0.25) is 0 Å². The first-order valence-electron chi connectivity index (χ1n) is 8.63. The fourth-order valence-corrected chi connectivity index (χ4v) is 4.02. The highest BCUT2D eigenvalue weighted by atomic mass is 15.3. The number of piperazine rings is 1. The second-order valence-electron chi connectivity index (χ2n) is 7.14. The summed E-state index contributed by atoms with van der Waals surface area (Å²) in [4.78, 5) is 5.62. The van der Waals surface area contributed by atoms with E-state index in [-0.39, 0.29) is 0 Å². The summed E-state index contributed by atoms with van der Waals surface area (Å²) in [7, 11) is 0. The van der Waals surface area contributed by atoms with Crippen LogP contribution in [-0.4, -0.2) is 47.6 Å². The Kier molecular flexibility index (Phi) is 5.70. The van der Waals surface area contributed by atoms with Gasteiger partial charge in [0.15, 0.2) is 0 Å². The van der Waals surface area contributed by atoms with Crippen molar-refractivity contribution in [1.82, 2.24) is 9.80 Å². The van der Waals surface area contributed by atoms with E-state index in [1.807, 2.05) is 0 Å². The molecule has 0 radical (unpaired) electrons. The monoisotopic (exact) mass is 266 g/mol. The Morgan fingerprint density at radius 2 is 1.89 bits per heavy atom. The Hall–Kier alpha value is -0.0800. The van der Waals surface area contributed by atoms with Gasteiger partial charge >= 0.3 is 0 Å². The van der Waals surface area contributed by atoms with Crippen LogP contribution in [0, 0.1) is 5.92 Å². The second-order valence-corrected chi connectivity index (χ2v) is 7.14. The summed E-state index contributed by atoms with van der Waals surface area (Å²) < 4.78 is 0. The first-order valence-corrected chi connectivity index (χ1v) is 8.63. The molecule has 2 fully saturated rings. The number of rotatable bonds is 6. The van der Waals surface area contributed by atoms with Crippen LogP contribution in [0.15, 0.2) is 0 Å². The van der Waals surface area contributed by atoms with Crippen LogP contribution in [0.4, 0.5) is 0 Å². The van der Waals surface area contributed by atoms with Gasteiger partial charge in [0.25, 0.3) is 0 Å². The first-order chi connectivity index (χ1) is 9.13. The molecule has 0 bridgehead atoms. The van der Waals surface area contributed by atoms with Gasteiger partial charge in [0, 0.05) is 31.2 Å². The molecule has 112 valence electrons. The van der Waals surface area contributed by atoms with E-state index < -0.39 is 0 Å². The van der Waals surface area contributed by atoms with Crippen molar-refractivity contribution in [2.45, 2.75) is 84.3 Å². The number of fused-ring (bicyclic) bond motifs is 1. The van der Waals surface area contributed by atoms with Gasteiger partial charge in [-0.15, -0.1) is 0 Å². The predicted molar refractivity (Wildman–Crippen MR) is 83.5 cm³/mol. The molecule has 0 N–H and O–H groups in total. The lowest BCUT2D eigenvalue weighted by Gasteiger charge is -2.48. The van der Waals surface area contributed by atoms with E-state index in [1.54, 1.807) is 0 Å². The van der Waals surface area contributed by atoms with E-state index >= 15 is 0 Å². The molecule has 3 atom stereocenters. The quantitative estimate of drug-likeness (QED) is 0.675. The molecule has 2 saturated heterocycles. The molecule has 2 rings (SSSR count). The SMILES string of the molecule is CCCCCC(C)N1CC2CCCN2CC1C(C)C. The largest absolute Gasteiger partial charge is 0.298 e. The van der Waals surface area contributed by atoms with E-state index in [0.29, 0.717) is 0 Å². The summed E-state index contributed by atoms with van der Waals surface area (Å²) in [5.41, 5.74) is 0. The minimum atomic E-state index is 0.779. The van der Waals surface area contributed by atoms with Crippen molar-refractivity contribution in [2.24, 2.45) is 5.92 Å². The molecule has 2 aliphatic heterocycles. The van der Waals surface area contributed by atoms with Crippen molar-refractivity contribution in [3.8, 4) is 0 Å². The molecule has 0 amide bonds. The van der Waals surface area contributed by atoms with Crippen molar-refractivity contribution in [3.63, 3.8) is 0 Å². The Morgan fingerprint density at radius 3 is 2.58 bits per heavy atom. The summed E-state index contributed by atoms with van der Waals surface area (Å²) in [6.07, 6.45) is 8.41. The summed E-state index contributed by atoms with van der Waals surface area (Å²) in [6, 6.07) is 2.43. The summed E-state index contributed by atoms with van der Waals surface area (Å²) in [6.45, 7) is 13.6. The molecule has 0 aromatic rings. The molecule has 0 aromatic carbocycles. The fourth-order valence-electron chi connectivity index (χ4n) is 4.02. The molecule has 0 spiro atoms. The number of hydrogen-bond donors (Lipinski definition) is 0. The minimum absolute atomic E-state index is 0.779. The van der Waals surface area contributed by atoms with Crippen molar-refractivity contribution >= 4 is 0 Å². The Morgan fingerprint density at radius 1 is 1.11 bits per heavy atom. The van der Waals surface area contributed by atoms with Crippen LogP contribution in [0.1, 0.15) is 66.2 Å². The fraction of sp³-hybridized carbons (Fsp3) is 1.00. The van der Waals surface area contributed by atoms with Crippen LogP contribution in [-0.2, 0) is 0 Å². The molecule has 0 aliphatic carbocycles. The van der Waals surface area contributed by atoms with Crippen molar-refractivity contribution in [3.05, 3.63) is 0 Å². The molecule has 2 nitrogen and oxygen atoms in total.